The number of anilines is 3. The van der Waals surface area contributed by atoms with E-state index in [4.69, 9.17) is 15.6 Å². The third-order valence-corrected chi connectivity index (χ3v) is 8.44. The van der Waals surface area contributed by atoms with Gasteiger partial charge in [0.05, 0.1) is 30.5 Å². The fourth-order valence-corrected chi connectivity index (χ4v) is 5.89. The van der Waals surface area contributed by atoms with Crippen molar-refractivity contribution < 1.29 is 39.5 Å². The number of carbonyl (C=O) groups excluding carboxylic acids is 1. The van der Waals surface area contributed by atoms with Crippen LogP contribution in [0.25, 0.3) is 0 Å². The Morgan fingerprint density at radius 1 is 1.10 bits per heavy atom. The molecule has 2 aliphatic rings. The van der Waals surface area contributed by atoms with Gasteiger partial charge in [-0.05, 0) is 43.5 Å². The number of carbonyl (C=O) groups is 3. The van der Waals surface area contributed by atoms with Gasteiger partial charge in [0.15, 0.2) is 0 Å². The lowest BCUT2D eigenvalue weighted by Gasteiger charge is -2.38. The van der Waals surface area contributed by atoms with E-state index in [9.17, 15) is 44.1 Å². The van der Waals surface area contributed by atoms with Crippen molar-refractivity contribution in [1.82, 2.24) is 24.8 Å². The van der Waals surface area contributed by atoms with Crippen molar-refractivity contribution >= 4 is 35.2 Å². The van der Waals surface area contributed by atoms with Crippen molar-refractivity contribution in [3.05, 3.63) is 78.5 Å². The molecule has 262 valence electrons. The van der Waals surface area contributed by atoms with Crippen LogP contribution in [0.5, 0.6) is 0 Å². The summed E-state index contributed by atoms with van der Waals surface area (Å²) in [5, 5.41) is 43.4. The molecule has 0 aliphatic carbocycles. The standard InChI is InChI=1S/C30H36N8O11/c31-29-34-18-6-5-17(10-32-16-3-1-14(2-4-16)25(43)33-19(28(46)47)7-8-23(41)42)37(24(18)27(45)35-29)11-15-12-38(30(48)36-26(15)44)22-9-20(40)21(13-39)49-22/h1-4,12,17,19-22,32,39-40H,5-11,13H2,(H,33,43)(H,41,42)(H,46,47)(H,36,44,48)(H3,31,34,35,45)/t17?,19?,20-,21+,22+/m0/s1. The van der Waals surface area contributed by atoms with Crippen LogP contribution in [0, 0.1) is 0 Å². The lowest BCUT2D eigenvalue weighted by atomic mass is 9.99. The van der Waals surface area contributed by atoms with Crippen LogP contribution in [0.4, 0.5) is 17.3 Å². The summed E-state index contributed by atoms with van der Waals surface area (Å²) < 4.78 is 6.74. The monoisotopic (exact) mass is 684 g/mol. The number of fused-ring (bicyclic) bond motifs is 1. The summed E-state index contributed by atoms with van der Waals surface area (Å²) in [6.07, 6.45) is -1.40. The zero-order valence-corrected chi connectivity index (χ0v) is 26.0. The summed E-state index contributed by atoms with van der Waals surface area (Å²) >= 11 is 0. The minimum Gasteiger partial charge on any atom is -0.481 e. The molecule has 19 heteroatoms. The van der Waals surface area contributed by atoms with Crippen molar-refractivity contribution in [1.29, 1.82) is 0 Å². The van der Waals surface area contributed by atoms with E-state index in [1.165, 1.54) is 18.3 Å². The molecular formula is C30H36N8O11. The molecule has 0 bridgehead atoms. The molecule has 0 spiro atoms. The maximum Gasteiger partial charge on any atom is 0.330 e. The molecule has 1 fully saturated rings. The van der Waals surface area contributed by atoms with Gasteiger partial charge >= 0.3 is 17.6 Å². The topological polar surface area (TPSA) is 295 Å². The number of nitrogens with zero attached hydrogens (tertiary/aromatic N) is 3. The van der Waals surface area contributed by atoms with Crippen LogP contribution in [0.1, 0.15) is 53.5 Å². The number of nitrogens with two attached hydrogens (primary N) is 1. The number of aromatic nitrogens is 4. The zero-order valence-electron chi connectivity index (χ0n) is 26.0. The van der Waals surface area contributed by atoms with Crippen molar-refractivity contribution in [3.63, 3.8) is 0 Å². The number of aryl methyl sites for hydroxylation is 1. The first-order valence-corrected chi connectivity index (χ1v) is 15.4. The fraction of sp³-hybridized carbons (Fsp3) is 0.433. The predicted octanol–water partition coefficient (Wildman–Crippen LogP) is -1.68. The number of aliphatic carboxylic acids is 2. The molecule has 2 aliphatic heterocycles. The molecule has 5 rings (SSSR count). The van der Waals surface area contributed by atoms with Crippen molar-refractivity contribution in [3.8, 4) is 0 Å². The number of hydrogen-bond acceptors (Lipinski definition) is 13. The Labute approximate surface area is 276 Å². The lowest BCUT2D eigenvalue weighted by Crippen LogP contribution is -2.47. The maximum absolute atomic E-state index is 13.2. The molecule has 49 heavy (non-hydrogen) atoms. The van der Waals surface area contributed by atoms with Crippen LogP contribution in [0.15, 0.2) is 44.8 Å². The molecule has 10 N–H and O–H groups in total. The summed E-state index contributed by atoms with van der Waals surface area (Å²) in [5.74, 6) is -3.30. The molecule has 1 saturated heterocycles. The second-order valence-corrected chi connectivity index (χ2v) is 11.8. The van der Waals surface area contributed by atoms with Gasteiger partial charge in [0.25, 0.3) is 17.0 Å². The third-order valence-electron chi connectivity index (χ3n) is 8.44. The lowest BCUT2D eigenvalue weighted by molar-refractivity contribution is -0.140. The molecule has 5 atom stereocenters. The van der Waals surface area contributed by atoms with E-state index >= 15 is 0 Å². The summed E-state index contributed by atoms with van der Waals surface area (Å²) in [4.78, 5) is 84.5. The molecule has 1 aromatic carbocycles. The number of benzene rings is 1. The number of H-pyrrole nitrogens is 2. The average Bonchev–Trinajstić information content (AvgIpc) is 3.43. The summed E-state index contributed by atoms with van der Waals surface area (Å²) in [6.45, 7) is -0.344. The Morgan fingerprint density at radius 2 is 1.84 bits per heavy atom. The quantitative estimate of drug-likeness (QED) is 0.0972. The summed E-state index contributed by atoms with van der Waals surface area (Å²) in [7, 11) is 0. The van der Waals surface area contributed by atoms with Crippen LogP contribution in [-0.2, 0) is 27.3 Å². The highest BCUT2D eigenvalue weighted by atomic mass is 16.5. The highest BCUT2D eigenvalue weighted by molar-refractivity contribution is 5.97. The first-order chi connectivity index (χ1) is 23.3. The van der Waals surface area contributed by atoms with E-state index in [0.29, 0.717) is 24.2 Å². The van der Waals surface area contributed by atoms with Crippen molar-refractivity contribution in [2.24, 2.45) is 0 Å². The van der Waals surface area contributed by atoms with E-state index in [1.54, 1.807) is 17.0 Å². The molecule has 2 aromatic heterocycles. The first kappa shape index (κ1) is 34.8. The Hall–Kier alpha value is -5.53. The van der Waals surface area contributed by atoms with Gasteiger partial charge in [-0.3, -0.25) is 33.7 Å². The van der Waals surface area contributed by atoms with Crippen molar-refractivity contribution in [2.75, 3.05) is 29.1 Å². The predicted molar refractivity (Wildman–Crippen MR) is 171 cm³/mol. The largest absolute Gasteiger partial charge is 0.481 e. The SMILES string of the molecule is Nc1nc2c(c(=O)[nH]1)N(Cc1cn([C@H]3C[C@H](O)[C@@H](CO)O3)c(=O)[nH]c1=O)C(CNc1ccc(C(=O)NC(CCC(=O)O)C(=O)O)cc1)CC2. The summed E-state index contributed by atoms with van der Waals surface area (Å²) in [5.41, 5.74) is 5.25. The van der Waals surface area contributed by atoms with E-state index in [-0.39, 0.29) is 48.7 Å². The second-order valence-electron chi connectivity index (χ2n) is 11.8. The molecule has 0 saturated carbocycles. The summed E-state index contributed by atoms with van der Waals surface area (Å²) in [6, 6.07) is 4.34. The molecule has 1 amide bonds. The number of aliphatic hydroxyl groups is 2. The van der Waals surface area contributed by atoms with Crippen LogP contribution < -0.4 is 38.1 Å². The number of rotatable bonds is 13. The van der Waals surface area contributed by atoms with Gasteiger partial charge in [0, 0.05) is 42.9 Å². The normalized spacial score (nSPS) is 20.7. The van der Waals surface area contributed by atoms with E-state index < -0.39 is 78.2 Å². The molecule has 0 radical (unpaired) electrons. The smallest absolute Gasteiger partial charge is 0.330 e. The van der Waals surface area contributed by atoms with E-state index in [1.807, 2.05) is 0 Å². The third kappa shape index (κ3) is 7.96. The number of carboxylic acid groups (broad SMARTS) is 2. The van der Waals surface area contributed by atoms with Crippen LogP contribution >= 0.6 is 0 Å². The molecule has 2 unspecified atom stereocenters. The second kappa shape index (κ2) is 14.7. The molecular weight excluding hydrogens is 648 g/mol. The van der Waals surface area contributed by atoms with Gasteiger partial charge < -0.3 is 46.4 Å². The Balaban J connectivity index is 1.35. The van der Waals surface area contributed by atoms with Crippen LogP contribution in [0.3, 0.4) is 0 Å². The number of nitrogen functional groups attached to an aromatic ring is 1. The Bertz CT molecular complexity index is 1890. The van der Waals surface area contributed by atoms with Gasteiger partial charge in [-0.2, -0.15) is 0 Å². The van der Waals surface area contributed by atoms with Gasteiger partial charge in [0.1, 0.15) is 24.1 Å². The van der Waals surface area contributed by atoms with E-state index in [0.717, 1.165) is 4.57 Å². The number of amides is 1. The van der Waals surface area contributed by atoms with Crippen molar-refractivity contribution in [2.45, 2.75) is 69.2 Å². The highest BCUT2D eigenvalue weighted by Gasteiger charge is 2.36. The number of carboxylic acids is 2. The number of nitrogens with one attached hydrogen (secondary N) is 4. The molecule has 4 heterocycles. The minimum absolute atomic E-state index is 0.00386. The van der Waals surface area contributed by atoms with Gasteiger partial charge in [0.2, 0.25) is 5.95 Å². The Morgan fingerprint density at radius 3 is 2.49 bits per heavy atom. The fourth-order valence-electron chi connectivity index (χ4n) is 5.89. The minimum atomic E-state index is -1.38. The zero-order chi connectivity index (χ0) is 35.4. The molecule has 19 nitrogen and oxygen atoms in total. The van der Waals surface area contributed by atoms with Gasteiger partial charge in [-0.1, -0.05) is 0 Å². The number of hydrogen-bond donors (Lipinski definition) is 9. The van der Waals surface area contributed by atoms with Crippen LogP contribution in [-0.4, -0.2) is 95.2 Å². The molecule has 3 aromatic rings. The number of ether oxygens (including phenoxy) is 1. The average molecular weight is 685 g/mol. The van der Waals surface area contributed by atoms with Crippen LogP contribution in [0.2, 0.25) is 0 Å². The van der Waals surface area contributed by atoms with Gasteiger partial charge in [-0.25, -0.2) is 14.6 Å². The van der Waals surface area contributed by atoms with E-state index in [2.05, 4.69) is 25.6 Å². The Kier molecular flexibility index (Phi) is 10.4. The number of aromatic amines is 2. The first-order valence-electron chi connectivity index (χ1n) is 15.4. The van der Waals surface area contributed by atoms with Gasteiger partial charge in [-0.15, -0.1) is 0 Å². The maximum atomic E-state index is 13.2. The highest BCUT2D eigenvalue weighted by Crippen LogP contribution is 2.30. The number of aliphatic hydroxyl groups excluding tert-OH is 2.